The molecule has 0 aromatic heterocycles. The second-order valence-electron chi connectivity index (χ2n) is 3.34. The van der Waals surface area contributed by atoms with E-state index in [1.807, 2.05) is 0 Å². The van der Waals surface area contributed by atoms with Crippen LogP contribution in [0.5, 0.6) is 0 Å². The fraction of sp³-hybridized carbons (Fsp3) is 0.818. The maximum absolute atomic E-state index is 5.34. The molecule has 0 aliphatic carbocycles. The van der Waals surface area contributed by atoms with Gasteiger partial charge in [-0.2, -0.15) is 0 Å². The van der Waals surface area contributed by atoms with Gasteiger partial charge < -0.3 is 9.47 Å². The number of rotatable bonds is 6. The van der Waals surface area contributed by atoms with Crippen LogP contribution >= 0.6 is 0 Å². The molecule has 13 heavy (non-hydrogen) atoms. The van der Waals surface area contributed by atoms with E-state index in [2.05, 4.69) is 19.1 Å². The van der Waals surface area contributed by atoms with Crippen LogP contribution in [0, 0.1) is 0 Å². The van der Waals surface area contributed by atoms with Crippen molar-refractivity contribution >= 4 is 0 Å². The lowest BCUT2D eigenvalue weighted by molar-refractivity contribution is -0.0478. The van der Waals surface area contributed by atoms with E-state index in [0.29, 0.717) is 0 Å². The maximum Gasteiger partial charge on any atom is 0.157 e. The van der Waals surface area contributed by atoms with Gasteiger partial charge in [-0.3, -0.25) is 0 Å². The van der Waals surface area contributed by atoms with E-state index in [1.165, 1.54) is 19.3 Å². The predicted octanol–water partition coefficient (Wildman–Crippen LogP) is 2.89. The minimum absolute atomic E-state index is 0.0927. The Balaban J connectivity index is 1.86. The minimum atomic E-state index is 0.0927. The molecule has 1 saturated heterocycles. The summed E-state index contributed by atoms with van der Waals surface area (Å²) < 4.78 is 10.7. The van der Waals surface area contributed by atoms with E-state index >= 15 is 0 Å². The van der Waals surface area contributed by atoms with Crippen LogP contribution in [0.4, 0.5) is 0 Å². The lowest BCUT2D eigenvalue weighted by atomic mass is 10.2. The molecular weight excluding hydrogens is 164 g/mol. The largest absolute Gasteiger partial charge is 0.350 e. The van der Waals surface area contributed by atoms with Crippen LogP contribution in [0.25, 0.3) is 0 Å². The van der Waals surface area contributed by atoms with Crippen molar-refractivity contribution in [2.24, 2.45) is 0 Å². The topological polar surface area (TPSA) is 18.5 Å². The zero-order chi connectivity index (χ0) is 9.36. The average molecular weight is 184 g/mol. The van der Waals surface area contributed by atoms with E-state index in [9.17, 15) is 0 Å². The fourth-order valence-corrected chi connectivity index (χ4v) is 1.43. The third-order valence-corrected chi connectivity index (χ3v) is 2.15. The van der Waals surface area contributed by atoms with E-state index < -0.39 is 0 Å². The van der Waals surface area contributed by atoms with Crippen LogP contribution < -0.4 is 0 Å². The normalized spacial score (nSPS) is 18.8. The van der Waals surface area contributed by atoms with Crippen molar-refractivity contribution in [1.29, 1.82) is 0 Å². The Kier molecular flexibility index (Phi) is 5.87. The highest BCUT2D eigenvalue weighted by atomic mass is 16.7. The molecule has 0 atom stereocenters. The predicted molar refractivity (Wildman–Crippen MR) is 53.6 cm³/mol. The molecule has 0 spiro atoms. The van der Waals surface area contributed by atoms with Gasteiger partial charge in [0.2, 0.25) is 0 Å². The van der Waals surface area contributed by atoms with Crippen molar-refractivity contribution < 1.29 is 9.47 Å². The number of hydrogen-bond donors (Lipinski definition) is 0. The lowest BCUT2D eigenvalue weighted by Crippen LogP contribution is -2.06. The summed E-state index contributed by atoms with van der Waals surface area (Å²) in [7, 11) is 0. The number of hydrogen-bond acceptors (Lipinski definition) is 2. The van der Waals surface area contributed by atoms with Gasteiger partial charge in [-0.25, -0.2) is 0 Å². The molecule has 1 heterocycles. The van der Waals surface area contributed by atoms with Crippen molar-refractivity contribution in [1.82, 2.24) is 0 Å². The second kappa shape index (κ2) is 7.10. The van der Waals surface area contributed by atoms with Crippen LogP contribution in [0.15, 0.2) is 12.2 Å². The molecule has 0 aromatic rings. The van der Waals surface area contributed by atoms with E-state index in [-0.39, 0.29) is 6.29 Å². The van der Waals surface area contributed by atoms with Crippen molar-refractivity contribution in [2.45, 2.75) is 45.3 Å². The van der Waals surface area contributed by atoms with E-state index in [4.69, 9.17) is 9.47 Å². The molecule has 0 bridgehead atoms. The molecule has 1 aliphatic rings. The maximum atomic E-state index is 5.34. The number of ether oxygens (including phenoxy) is 2. The van der Waals surface area contributed by atoms with Gasteiger partial charge in [0.15, 0.2) is 6.29 Å². The Labute approximate surface area is 80.9 Å². The van der Waals surface area contributed by atoms with Gasteiger partial charge in [-0.05, 0) is 32.1 Å². The van der Waals surface area contributed by atoms with E-state index in [1.54, 1.807) is 0 Å². The summed E-state index contributed by atoms with van der Waals surface area (Å²) in [5.74, 6) is 0. The SMILES string of the molecule is CC/C=C\CCCCC1OCCO1. The average Bonchev–Trinajstić information content (AvgIpc) is 2.63. The molecule has 1 fully saturated rings. The molecule has 0 saturated carbocycles. The quantitative estimate of drug-likeness (QED) is 0.467. The van der Waals surface area contributed by atoms with Crippen LogP contribution in [-0.4, -0.2) is 19.5 Å². The smallest absolute Gasteiger partial charge is 0.157 e. The summed E-state index contributed by atoms with van der Waals surface area (Å²) in [4.78, 5) is 0. The minimum Gasteiger partial charge on any atom is -0.350 e. The van der Waals surface area contributed by atoms with Gasteiger partial charge in [0, 0.05) is 0 Å². The summed E-state index contributed by atoms with van der Waals surface area (Å²) in [5.41, 5.74) is 0. The van der Waals surface area contributed by atoms with Gasteiger partial charge in [-0.1, -0.05) is 19.1 Å². The molecule has 0 aromatic carbocycles. The highest BCUT2D eigenvalue weighted by molar-refractivity contribution is 4.79. The first-order valence-electron chi connectivity index (χ1n) is 5.31. The highest BCUT2D eigenvalue weighted by Gasteiger charge is 2.14. The van der Waals surface area contributed by atoms with Crippen molar-refractivity contribution in [3.63, 3.8) is 0 Å². The lowest BCUT2D eigenvalue weighted by Gasteiger charge is -2.06. The molecule has 1 aliphatic heterocycles. The Morgan fingerprint density at radius 1 is 1.15 bits per heavy atom. The molecule has 2 heteroatoms. The monoisotopic (exact) mass is 184 g/mol. The molecule has 2 nitrogen and oxygen atoms in total. The number of unbranched alkanes of at least 4 members (excludes halogenated alkanes) is 2. The van der Waals surface area contributed by atoms with Crippen LogP contribution in [0.1, 0.15) is 39.0 Å². The van der Waals surface area contributed by atoms with E-state index in [0.717, 1.165) is 26.1 Å². The van der Waals surface area contributed by atoms with Gasteiger partial charge >= 0.3 is 0 Å². The summed E-state index contributed by atoms with van der Waals surface area (Å²) in [6.45, 7) is 3.72. The summed E-state index contributed by atoms with van der Waals surface area (Å²) in [5, 5.41) is 0. The molecule has 0 amide bonds. The molecule has 76 valence electrons. The molecule has 0 radical (unpaired) electrons. The zero-order valence-corrected chi connectivity index (χ0v) is 8.50. The molecular formula is C11H20O2. The second-order valence-corrected chi connectivity index (χ2v) is 3.34. The zero-order valence-electron chi connectivity index (χ0n) is 8.50. The Morgan fingerprint density at radius 3 is 2.62 bits per heavy atom. The Hall–Kier alpha value is -0.340. The fourth-order valence-electron chi connectivity index (χ4n) is 1.43. The third-order valence-electron chi connectivity index (χ3n) is 2.15. The van der Waals surface area contributed by atoms with Crippen molar-refractivity contribution in [3.05, 3.63) is 12.2 Å². The first-order chi connectivity index (χ1) is 6.43. The van der Waals surface area contributed by atoms with Crippen LogP contribution in [0.2, 0.25) is 0 Å². The summed E-state index contributed by atoms with van der Waals surface area (Å²) in [6.07, 6.45) is 10.4. The summed E-state index contributed by atoms with van der Waals surface area (Å²) >= 11 is 0. The van der Waals surface area contributed by atoms with Crippen molar-refractivity contribution in [3.8, 4) is 0 Å². The van der Waals surface area contributed by atoms with Crippen LogP contribution in [-0.2, 0) is 9.47 Å². The first kappa shape index (κ1) is 10.7. The first-order valence-corrected chi connectivity index (χ1v) is 5.31. The summed E-state index contributed by atoms with van der Waals surface area (Å²) in [6, 6.07) is 0. The molecule has 1 rings (SSSR count). The molecule has 0 unspecified atom stereocenters. The standard InChI is InChI=1S/C11H20O2/c1-2-3-4-5-6-7-8-11-12-9-10-13-11/h3-4,11H,2,5-10H2,1H3/b4-3-. The Morgan fingerprint density at radius 2 is 1.92 bits per heavy atom. The van der Waals surface area contributed by atoms with Gasteiger partial charge in [0.1, 0.15) is 0 Å². The Bertz CT molecular complexity index is 137. The van der Waals surface area contributed by atoms with Crippen molar-refractivity contribution in [2.75, 3.05) is 13.2 Å². The molecule has 0 N–H and O–H groups in total. The van der Waals surface area contributed by atoms with Crippen LogP contribution in [0.3, 0.4) is 0 Å². The van der Waals surface area contributed by atoms with Gasteiger partial charge in [-0.15, -0.1) is 0 Å². The third kappa shape index (κ3) is 5.06. The van der Waals surface area contributed by atoms with Gasteiger partial charge in [0.25, 0.3) is 0 Å². The van der Waals surface area contributed by atoms with Gasteiger partial charge in [0.05, 0.1) is 13.2 Å². The number of allylic oxidation sites excluding steroid dienone is 2. The highest BCUT2D eigenvalue weighted by Crippen LogP contribution is 2.12.